The number of hydrogen-bond donors (Lipinski definition) is 1. The molecule has 0 aliphatic heterocycles. The van der Waals surface area contributed by atoms with E-state index < -0.39 is 6.04 Å². The Labute approximate surface area is 85.0 Å². The summed E-state index contributed by atoms with van der Waals surface area (Å²) < 4.78 is 5.44. The van der Waals surface area contributed by atoms with E-state index in [4.69, 9.17) is 10.5 Å². The maximum absolute atomic E-state index is 10.3. The molecule has 0 saturated heterocycles. The van der Waals surface area contributed by atoms with E-state index in [-0.39, 0.29) is 12.7 Å². The summed E-state index contributed by atoms with van der Waals surface area (Å²) >= 11 is 0. The maximum atomic E-state index is 10.3. The van der Waals surface area contributed by atoms with Gasteiger partial charge in [-0.2, -0.15) is 0 Å². The highest BCUT2D eigenvalue weighted by Crippen LogP contribution is 2.10. The van der Waals surface area contributed by atoms with Crippen LogP contribution in [0.25, 0.3) is 0 Å². The van der Waals surface area contributed by atoms with Crippen LogP contribution in [0.15, 0.2) is 0 Å². The van der Waals surface area contributed by atoms with Gasteiger partial charge in [0.15, 0.2) is 0 Å². The first-order chi connectivity index (χ1) is 6.83. The van der Waals surface area contributed by atoms with Crippen molar-refractivity contribution in [3.8, 4) is 11.8 Å². The predicted molar refractivity (Wildman–Crippen MR) is 54.6 cm³/mol. The van der Waals surface area contributed by atoms with Crippen LogP contribution in [0.2, 0.25) is 0 Å². The molecular weight excluding hydrogens is 178 g/mol. The quantitative estimate of drug-likeness (QED) is 0.535. The van der Waals surface area contributed by atoms with Crippen LogP contribution in [-0.4, -0.2) is 25.0 Å². The first kappa shape index (κ1) is 11.2. The third kappa shape index (κ3) is 4.40. The minimum absolute atomic E-state index is 0.0266. The first-order valence-electron chi connectivity index (χ1n) is 5.14. The molecule has 0 aromatic heterocycles. The monoisotopic (exact) mass is 195 g/mol. The number of hydrogen-bond acceptors (Lipinski definition) is 3. The molecule has 0 fully saturated rings. The Bertz CT molecular complexity index is 229. The Morgan fingerprint density at radius 3 is 3.14 bits per heavy atom. The number of aldehydes is 1. The highest BCUT2D eigenvalue weighted by molar-refractivity contribution is 5.57. The molecule has 14 heavy (non-hydrogen) atoms. The van der Waals surface area contributed by atoms with Crippen LogP contribution in [0.3, 0.4) is 0 Å². The van der Waals surface area contributed by atoms with Crippen LogP contribution in [0.4, 0.5) is 0 Å². The summed E-state index contributed by atoms with van der Waals surface area (Å²) in [4.78, 5) is 10.3. The summed E-state index contributed by atoms with van der Waals surface area (Å²) in [5.41, 5.74) is 5.42. The molecule has 2 N–H and O–H groups in total. The van der Waals surface area contributed by atoms with Crippen molar-refractivity contribution in [2.45, 2.75) is 44.2 Å². The third-order valence-corrected chi connectivity index (χ3v) is 2.20. The summed E-state index contributed by atoms with van der Waals surface area (Å²) in [5, 5.41) is 0. The van der Waals surface area contributed by atoms with Gasteiger partial charge >= 0.3 is 0 Å². The Morgan fingerprint density at radius 1 is 1.50 bits per heavy atom. The minimum Gasteiger partial charge on any atom is -0.363 e. The zero-order chi connectivity index (χ0) is 10.2. The molecule has 3 heteroatoms. The van der Waals surface area contributed by atoms with Gasteiger partial charge in [-0.15, -0.1) is 5.92 Å². The van der Waals surface area contributed by atoms with Crippen molar-refractivity contribution in [1.29, 1.82) is 0 Å². The van der Waals surface area contributed by atoms with Gasteiger partial charge in [0.25, 0.3) is 0 Å². The molecule has 0 amide bonds. The lowest BCUT2D eigenvalue weighted by atomic mass is 10.1. The van der Waals surface area contributed by atoms with E-state index in [0.717, 1.165) is 19.3 Å². The van der Waals surface area contributed by atoms with Gasteiger partial charge in [-0.3, -0.25) is 0 Å². The van der Waals surface area contributed by atoms with E-state index in [1.165, 1.54) is 12.8 Å². The second kappa shape index (κ2) is 6.58. The Morgan fingerprint density at radius 2 is 2.36 bits per heavy atom. The molecule has 0 aromatic carbocycles. The molecule has 78 valence electrons. The fourth-order valence-electron chi connectivity index (χ4n) is 1.37. The van der Waals surface area contributed by atoms with Crippen LogP contribution in [0.5, 0.6) is 0 Å². The van der Waals surface area contributed by atoms with Crippen molar-refractivity contribution in [3.05, 3.63) is 0 Å². The molecule has 2 atom stereocenters. The molecule has 0 bridgehead atoms. The molecule has 0 spiro atoms. The summed E-state index contributed by atoms with van der Waals surface area (Å²) in [5.74, 6) is 6.13. The van der Waals surface area contributed by atoms with E-state index in [1.54, 1.807) is 0 Å². The van der Waals surface area contributed by atoms with Crippen molar-refractivity contribution in [2.24, 2.45) is 5.73 Å². The maximum Gasteiger partial charge on any atom is 0.139 e. The van der Waals surface area contributed by atoms with Gasteiger partial charge in [-0.25, -0.2) is 0 Å². The Balaban J connectivity index is 2.30. The van der Waals surface area contributed by atoms with Gasteiger partial charge in [-0.05, 0) is 19.3 Å². The normalized spacial score (nSPS) is 23.9. The van der Waals surface area contributed by atoms with Crippen molar-refractivity contribution >= 4 is 6.29 Å². The zero-order valence-corrected chi connectivity index (χ0v) is 8.37. The lowest BCUT2D eigenvalue weighted by Gasteiger charge is -2.14. The largest absolute Gasteiger partial charge is 0.363 e. The topological polar surface area (TPSA) is 52.3 Å². The standard InChI is InChI=1S/C11H17NO2/c12-10(8-13)9-14-11-6-4-2-1-3-5-7-11/h8,10-11H,1-4,6,9,12H2/t10-,11?/m1/s1. The average Bonchev–Trinajstić information content (AvgIpc) is 2.15. The number of ether oxygens (including phenoxy) is 1. The lowest BCUT2D eigenvalue weighted by molar-refractivity contribution is -0.110. The van der Waals surface area contributed by atoms with Crippen LogP contribution in [0.1, 0.15) is 32.1 Å². The molecule has 0 saturated carbocycles. The predicted octanol–water partition coefficient (Wildman–Crippen LogP) is 0.865. The van der Waals surface area contributed by atoms with Gasteiger partial charge in [-0.1, -0.05) is 12.3 Å². The van der Waals surface area contributed by atoms with Gasteiger partial charge in [0.2, 0.25) is 0 Å². The third-order valence-electron chi connectivity index (χ3n) is 2.20. The van der Waals surface area contributed by atoms with E-state index >= 15 is 0 Å². The first-order valence-corrected chi connectivity index (χ1v) is 5.14. The molecule has 3 nitrogen and oxygen atoms in total. The molecule has 0 aromatic rings. The van der Waals surface area contributed by atoms with Crippen molar-refractivity contribution in [2.75, 3.05) is 6.61 Å². The van der Waals surface area contributed by atoms with Crippen LogP contribution >= 0.6 is 0 Å². The average molecular weight is 195 g/mol. The van der Waals surface area contributed by atoms with Crippen molar-refractivity contribution in [1.82, 2.24) is 0 Å². The fourth-order valence-corrected chi connectivity index (χ4v) is 1.37. The number of carbonyl (C=O) groups is 1. The summed E-state index contributed by atoms with van der Waals surface area (Å²) in [7, 11) is 0. The highest BCUT2D eigenvalue weighted by atomic mass is 16.5. The number of rotatable bonds is 4. The molecule has 1 rings (SSSR count). The van der Waals surface area contributed by atoms with Crippen LogP contribution < -0.4 is 5.73 Å². The lowest BCUT2D eigenvalue weighted by Crippen LogP contribution is -2.30. The smallest absolute Gasteiger partial charge is 0.139 e. The van der Waals surface area contributed by atoms with E-state index in [9.17, 15) is 4.79 Å². The summed E-state index contributed by atoms with van der Waals surface area (Å²) in [6.07, 6.45) is 6.15. The molecule has 1 unspecified atom stereocenters. The second-order valence-electron chi connectivity index (χ2n) is 3.54. The van der Waals surface area contributed by atoms with Crippen molar-refractivity contribution < 1.29 is 9.53 Å². The summed E-state index contributed by atoms with van der Waals surface area (Å²) in [6.45, 7) is 0.281. The Kier molecular flexibility index (Phi) is 5.28. The van der Waals surface area contributed by atoms with E-state index in [0.29, 0.717) is 6.29 Å². The molecule has 1 aliphatic carbocycles. The number of carbonyl (C=O) groups excluding carboxylic acids is 1. The zero-order valence-electron chi connectivity index (χ0n) is 8.37. The van der Waals surface area contributed by atoms with Crippen LogP contribution in [-0.2, 0) is 9.53 Å². The van der Waals surface area contributed by atoms with Gasteiger partial charge in [0.05, 0.1) is 12.6 Å². The van der Waals surface area contributed by atoms with Gasteiger partial charge in [0, 0.05) is 6.42 Å². The van der Waals surface area contributed by atoms with Crippen LogP contribution in [0, 0.1) is 11.8 Å². The fraction of sp³-hybridized carbons (Fsp3) is 0.727. The minimum atomic E-state index is -0.512. The summed E-state index contributed by atoms with van der Waals surface area (Å²) in [6, 6.07) is -0.512. The van der Waals surface area contributed by atoms with E-state index in [2.05, 4.69) is 11.8 Å². The van der Waals surface area contributed by atoms with Gasteiger partial charge in [0.1, 0.15) is 12.4 Å². The number of nitrogens with two attached hydrogens (primary N) is 1. The van der Waals surface area contributed by atoms with Crippen molar-refractivity contribution in [3.63, 3.8) is 0 Å². The SMILES string of the molecule is N[C@H](C=O)COC1C#CCCCCC1. The van der Waals surface area contributed by atoms with Gasteiger partial charge < -0.3 is 15.3 Å². The molecule has 1 aliphatic rings. The van der Waals surface area contributed by atoms with E-state index in [1.807, 2.05) is 0 Å². The second-order valence-corrected chi connectivity index (χ2v) is 3.54. The highest BCUT2D eigenvalue weighted by Gasteiger charge is 2.09. The molecular formula is C11H17NO2. The molecule has 0 radical (unpaired) electrons. The molecule has 0 heterocycles. The Hall–Kier alpha value is -0.850.